The Hall–Kier alpha value is -2.57. The van der Waals surface area contributed by atoms with Gasteiger partial charge in [0.1, 0.15) is 12.3 Å². The Morgan fingerprint density at radius 3 is 2.64 bits per heavy atom. The van der Waals surface area contributed by atoms with Crippen LogP contribution < -0.4 is 15.4 Å². The zero-order valence-electron chi connectivity index (χ0n) is 16.8. The topological polar surface area (TPSA) is 93.7 Å². The van der Waals surface area contributed by atoms with Gasteiger partial charge in [-0.1, -0.05) is 38.8 Å². The lowest BCUT2D eigenvalue weighted by molar-refractivity contribution is -0.147. The van der Waals surface area contributed by atoms with Gasteiger partial charge in [0.25, 0.3) is 11.8 Å². The molecule has 3 atom stereocenters. The Kier molecular flexibility index (Phi) is 8.29. The molecular formula is C21H30N2O5. The zero-order chi connectivity index (χ0) is 20.5. The lowest BCUT2D eigenvalue weighted by Crippen LogP contribution is -2.45. The third kappa shape index (κ3) is 6.25. The number of carbonyl (C=O) groups is 3. The van der Waals surface area contributed by atoms with Crippen LogP contribution in [-0.4, -0.2) is 43.6 Å². The Labute approximate surface area is 166 Å². The van der Waals surface area contributed by atoms with Crippen molar-refractivity contribution in [2.75, 3.05) is 19.8 Å². The largest absolute Gasteiger partial charge is 0.493 e. The quantitative estimate of drug-likeness (QED) is 0.665. The first kappa shape index (κ1) is 21.7. The predicted molar refractivity (Wildman–Crippen MR) is 105 cm³/mol. The molecule has 0 unspecified atom stereocenters. The van der Waals surface area contributed by atoms with Gasteiger partial charge in [-0.05, 0) is 37.3 Å². The SMILES string of the molecule is CCOc1ccccc1C(=O)NCC(=O)OCC(=O)N[C@H]1CCC[C@@H](C)[C@@H]1C. The summed E-state index contributed by atoms with van der Waals surface area (Å²) in [7, 11) is 0. The van der Waals surface area contributed by atoms with Crippen LogP contribution in [0.25, 0.3) is 0 Å². The summed E-state index contributed by atoms with van der Waals surface area (Å²) >= 11 is 0. The average molecular weight is 390 g/mol. The van der Waals surface area contributed by atoms with Crippen molar-refractivity contribution in [1.82, 2.24) is 10.6 Å². The number of benzene rings is 1. The lowest BCUT2D eigenvalue weighted by atomic mass is 9.78. The Morgan fingerprint density at radius 1 is 1.14 bits per heavy atom. The van der Waals surface area contributed by atoms with Crippen LogP contribution in [0.2, 0.25) is 0 Å². The summed E-state index contributed by atoms with van der Waals surface area (Å²) in [4.78, 5) is 36.1. The molecule has 0 bridgehead atoms. The second kappa shape index (κ2) is 10.7. The van der Waals surface area contributed by atoms with Crippen LogP contribution in [0.1, 0.15) is 50.4 Å². The van der Waals surface area contributed by atoms with Crippen molar-refractivity contribution in [2.45, 2.75) is 46.1 Å². The summed E-state index contributed by atoms with van der Waals surface area (Å²) in [6.45, 7) is 5.92. The zero-order valence-corrected chi connectivity index (χ0v) is 16.8. The molecule has 1 aliphatic rings. The van der Waals surface area contributed by atoms with Crippen LogP contribution in [0.4, 0.5) is 0 Å². The number of nitrogens with one attached hydrogen (secondary N) is 2. The van der Waals surface area contributed by atoms with Crippen LogP contribution in [0.15, 0.2) is 24.3 Å². The van der Waals surface area contributed by atoms with Gasteiger partial charge in [-0.15, -0.1) is 0 Å². The van der Waals surface area contributed by atoms with E-state index in [2.05, 4.69) is 24.5 Å². The van der Waals surface area contributed by atoms with Crippen LogP contribution in [0.5, 0.6) is 5.75 Å². The number of esters is 1. The van der Waals surface area contributed by atoms with E-state index in [0.29, 0.717) is 29.8 Å². The smallest absolute Gasteiger partial charge is 0.325 e. The molecule has 0 aromatic heterocycles. The third-order valence-corrected chi connectivity index (χ3v) is 5.24. The molecule has 0 spiro atoms. The maximum absolute atomic E-state index is 12.2. The van der Waals surface area contributed by atoms with Gasteiger partial charge in [0.2, 0.25) is 0 Å². The third-order valence-electron chi connectivity index (χ3n) is 5.24. The lowest BCUT2D eigenvalue weighted by Gasteiger charge is -2.34. The van der Waals surface area contributed by atoms with Crippen molar-refractivity contribution in [3.63, 3.8) is 0 Å². The van der Waals surface area contributed by atoms with Gasteiger partial charge in [0.15, 0.2) is 6.61 Å². The standard InChI is InChI=1S/C21H30N2O5/c1-4-27-18-11-6-5-9-16(18)21(26)22-12-20(25)28-13-19(24)23-17-10-7-8-14(2)15(17)3/h5-6,9,11,14-15,17H,4,7-8,10,12-13H2,1-3H3,(H,22,26)(H,23,24)/t14-,15+,17+/m1/s1. The minimum absolute atomic E-state index is 0.115. The van der Waals surface area contributed by atoms with E-state index in [0.717, 1.165) is 12.8 Å². The first-order valence-electron chi connectivity index (χ1n) is 9.87. The van der Waals surface area contributed by atoms with Crippen molar-refractivity contribution >= 4 is 17.8 Å². The van der Waals surface area contributed by atoms with Gasteiger partial charge in [-0.25, -0.2) is 0 Å². The molecular weight excluding hydrogens is 360 g/mol. The van der Waals surface area contributed by atoms with Gasteiger partial charge in [-0.2, -0.15) is 0 Å². The van der Waals surface area contributed by atoms with E-state index in [-0.39, 0.29) is 25.1 Å². The molecule has 0 aliphatic heterocycles. The Bertz CT molecular complexity index is 691. The summed E-state index contributed by atoms with van der Waals surface area (Å²) in [6, 6.07) is 6.90. The number of hydrogen-bond acceptors (Lipinski definition) is 5. The van der Waals surface area contributed by atoms with Crippen molar-refractivity contribution in [3.05, 3.63) is 29.8 Å². The molecule has 154 valence electrons. The molecule has 1 aromatic carbocycles. The summed E-state index contributed by atoms with van der Waals surface area (Å²) in [5, 5.41) is 5.44. The highest BCUT2D eigenvalue weighted by Crippen LogP contribution is 2.29. The average Bonchev–Trinajstić information content (AvgIpc) is 2.68. The molecule has 1 saturated carbocycles. The molecule has 2 amide bonds. The summed E-state index contributed by atoms with van der Waals surface area (Å²) in [6.07, 6.45) is 3.21. The van der Waals surface area contributed by atoms with Gasteiger partial charge in [0, 0.05) is 6.04 Å². The highest BCUT2D eigenvalue weighted by molar-refractivity contribution is 5.98. The molecule has 0 saturated heterocycles. The highest BCUT2D eigenvalue weighted by atomic mass is 16.5. The molecule has 1 fully saturated rings. The minimum Gasteiger partial charge on any atom is -0.493 e. The summed E-state index contributed by atoms with van der Waals surface area (Å²) in [5.74, 6) is 0.00536. The van der Waals surface area contributed by atoms with E-state index < -0.39 is 11.9 Å². The first-order chi connectivity index (χ1) is 13.4. The number of para-hydroxylation sites is 1. The van der Waals surface area contributed by atoms with Gasteiger partial charge in [0.05, 0.1) is 12.2 Å². The Balaban J connectivity index is 1.74. The molecule has 2 rings (SSSR count). The number of carbonyl (C=O) groups excluding carboxylic acids is 3. The second-order valence-corrected chi connectivity index (χ2v) is 7.21. The fourth-order valence-electron chi connectivity index (χ4n) is 3.41. The number of amides is 2. The fraction of sp³-hybridized carbons (Fsp3) is 0.571. The minimum atomic E-state index is -0.664. The summed E-state index contributed by atoms with van der Waals surface area (Å²) in [5.41, 5.74) is 0.343. The highest BCUT2D eigenvalue weighted by Gasteiger charge is 2.28. The van der Waals surface area contributed by atoms with E-state index >= 15 is 0 Å². The fourth-order valence-corrected chi connectivity index (χ4v) is 3.41. The van der Waals surface area contributed by atoms with Crippen molar-refractivity contribution < 1.29 is 23.9 Å². The molecule has 2 N–H and O–H groups in total. The normalized spacial score (nSPS) is 21.5. The molecule has 1 aliphatic carbocycles. The summed E-state index contributed by atoms with van der Waals surface area (Å²) < 4.78 is 10.4. The second-order valence-electron chi connectivity index (χ2n) is 7.21. The van der Waals surface area contributed by atoms with Gasteiger partial charge >= 0.3 is 5.97 Å². The number of rotatable bonds is 8. The van der Waals surface area contributed by atoms with E-state index in [1.807, 2.05) is 6.92 Å². The van der Waals surface area contributed by atoms with Crippen LogP contribution in [-0.2, 0) is 14.3 Å². The van der Waals surface area contributed by atoms with Crippen molar-refractivity contribution in [3.8, 4) is 5.75 Å². The van der Waals surface area contributed by atoms with E-state index in [4.69, 9.17) is 9.47 Å². The maximum Gasteiger partial charge on any atom is 0.325 e. The molecule has 7 heteroatoms. The predicted octanol–water partition coefficient (Wildman–Crippen LogP) is 2.30. The molecule has 0 radical (unpaired) electrons. The molecule has 1 aromatic rings. The van der Waals surface area contributed by atoms with Crippen molar-refractivity contribution in [1.29, 1.82) is 0 Å². The van der Waals surface area contributed by atoms with Crippen molar-refractivity contribution in [2.24, 2.45) is 11.8 Å². The number of ether oxygens (including phenoxy) is 2. The van der Waals surface area contributed by atoms with Crippen LogP contribution >= 0.6 is 0 Å². The number of hydrogen-bond donors (Lipinski definition) is 2. The molecule has 28 heavy (non-hydrogen) atoms. The van der Waals surface area contributed by atoms with Crippen LogP contribution in [0.3, 0.4) is 0 Å². The molecule has 0 heterocycles. The Morgan fingerprint density at radius 2 is 1.89 bits per heavy atom. The molecule has 7 nitrogen and oxygen atoms in total. The van der Waals surface area contributed by atoms with Gasteiger partial charge in [-0.3, -0.25) is 14.4 Å². The monoisotopic (exact) mass is 390 g/mol. The van der Waals surface area contributed by atoms with E-state index in [9.17, 15) is 14.4 Å². The van der Waals surface area contributed by atoms with E-state index in [1.54, 1.807) is 24.3 Å². The first-order valence-corrected chi connectivity index (χ1v) is 9.87. The maximum atomic E-state index is 12.2. The van der Waals surface area contributed by atoms with Crippen LogP contribution in [0, 0.1) is 11.8 Å². The van der Waals surface area contributed by atoms with Gasteiger partial charge < -0.3 is 20.1 Å². The van der Waals surface area contributed by atoms with E-state index in [1.165, 1.54) is 6.42 Å².